The van der Waals surface area contributed by atoms with E-state index >= 15 is 0 Å². The quantitative estimate of drug-likeness (QED) is 0.923. The number of aromatic nitrogens is 1. The molecular weight excluding hydrogens is 290 g/mol. The normalized spacial score (nSPS) is 26.2. The standard InChI is InChI=1S/C18H17N3O2/c19-8-12-9-20-15-6-2-1-5-14(15)16(12)21-10-13-4-3-7-18(13,11-21)17(22)23/h1-2,5-6,9,13H,3-4,7,10-11H2,(H,22,23)/t13-,18+/m0/s1. The number of hydrogen-bond donors (Lipinski definition) is 1. The van der Waals surface area contributed by atoms with Crippen molar-refractivity contribution >= 4 is 22.6 Å². The number of carboxylic acids is 1. The molecule has 0 spiro atoms. The van der Waals surface area contributed by atoms with Crippen LogP contribution in [0.5, 0.6) is 0 Å². The average molecular weight is 307 g/mol. The molecule has 1 aromatic heterocycles. The number of benzene rings is 1. The second-order valence-corrected chi connectivity index (χ2v) is 6.58. The van der Waals surface area contributed by atoms with Crippen molar-refractivity contribution in [2.75, 3.05) is 18.0 Å². The number of pyridine rings is 1. The molecular formula is C18H17N3O2. The highest BCUT2D eigenvalue weighted by Gasteiger charge is 2.55. The molecule has 0 radical (unpaired) electrons. The predicted molar refractivity (Wildman–Crippen MR) is 86.1 cm³/mol. The van der Waals surface area contributed by atoms with Gasteiger partial charge in [0.2, 0.25) is 0 Å². The molecule has 1 aliphatic heterocycles. The first-order valence-electron chi connectivity index (χ1n) is 7.92. The fourth-order valence-electron chi connectivity index (χ4n) is 4.36. The Morgan fingerprint density at radius 3 is 3.00 bits per heavy atom. The zero-order valence-corrected chi connectivity index (χ0v) is 12.7. The molecule has 5 nitrogen and oxygen atoms in total. The van der Waals surface area contributed by atoms with Gasteiger partial charge in [-0.05, 0) is 24.8 Å². The van der Waals surface area contributed by atoms with Crippen molar-refractivity contribution in [3.63, 3.8) is 0 Å². The van der Waals surface area contributed by atoms with Crippen molar-refractivity contribution in [1.82, 2.24) is 4.98 Å². The maximum atomic E-state index is 11.9. The van der Waals surface area contributed by atoms with Crippen LogP contribution < -0.4 is 4.90 Å². The molecule has 1 aromatic carbocycles. The zero-order valence-electron chi connectivity index (χ0n) is 12.7. The maximum absolute atomic E-state index is 11.9. The molecule has 1 saturated heterocycles. The van der Waals surface area contributed by atoms with Crippen molar-refractivity contribution in [2.45, 2.75) is 19.3 Å². The second kappa shape index (κ2) is 4.95. The van der Waals surface area contributed by atoms with E-state index in [1.165, 1.54) is 0 Å². The third kappa shape index (κ3) is 1.91. The summed E-state index contributed by atoms with van der Waals surface area (Å²) >= 11 is 0. The molecule has 1 aliphatic carbocycles. The van der Waals surface area contributed by atoms with Gasteiger partial charge in [-0.15, -0.1) is 0 Å². The molecule has 0 unspecified atom stereocenters. The highest BCUT2D eigenvalue weighted by atomic mass is 16.4. The molecule has 0 bridgehead atoms. The molecule has 2 aliphatic rings. The number of para-hydroxylation sites is 1. The van der Waals surface area contributed by atoms with Gasteiger partial charge in [0.05, 0.1) is 22.2 Å². The number of anilines is 1. The fourth-order valence-corrected chi connectivity index (χ4v) is 4.36. The molecule has 1 N–H and O–H groups in total. The van der Waals surface area contributed by atoms with Crippen LogP contribution in [0, 0.1) is 22.7 Å². The summed E-state index contributed by atoms with van der Waals surface area (Å²) in [4.78, 5) is 18.3. The van der Waals surface area contributed by atoms with Crippen LogP contribution in [0.15, 0.2) is 30.5 Å². The number of aliphatic carboxylic acids is 1. The number of nitriles is 1. The van der Waals surface area contributed by atoms with Gasteiger partial charge in [-0.1, -0.05) is 24.6 Å². The third-order valence-corrected chi connectivity index (χ3v) is 5.48. The van der Waals surface area contributed by atoms with E-state index < -0.39 is 11.4 Å². The molecule has 2 aromatic rings. The summed E-state index contributed by atoms with van der Waals surface area (Å²) in [6, 6.07) is 9.95. The van der Waals surface area contributed by atoms with E-state index in [0.717, 1.165) is 35.9 Å². The van der Waals surface area contributed by atoms with Crippen LogP contribution in [0.4, 0.5) is 5.69 Å². The summed E-state index contributed by atoms with van der Waals surface area (Å²) in [5, 5.41) is 20.2. The Morgan fingerprint density at radius 2 is 2.26 bits per heavy atom. The lowest BCUT2D eigenvalue weighted by Crippen LogP contribution is -2.35. The first-order valence-corrected chi connectivity index (χ1v) is 7.92. The fraction of sp³-hybridized carbons (Fsp3) is 0.389. The number of carboxylic acid groups (broad SMARTS) is 1. The molecule has 0 amide bonds. The molecule has 2 fully saturated rings. The lowest BCUT2D eigenvalue weighted by atomic mass is 9.81. The van der Waals surface area contributed by atoms with Gasteiger partial charge >= 0.3 is 5.97 Å². The second-order valence-electron chi connectivity index (χ2n) is 6.58. The summed E-state index contributed by atoms with van der Waals surface area (Å²) in [6.07, 6.45) is 4.26. The van der Waals surface area contributed by atoms with Gasteiger partial charge in [0.15, 0.2) is 0 Å². The summed E-state index contributed by atoms with van der Waals surface area (Å²) in [5.41, 5.74) is 1.54. The third-order valence-electron chi connectivity index (χ3n) is 5.48. The van der Waals surface area contributed by atoms with E-state index in [4.69, 9.17) is 0 Å². The minimum Gasteiger partial charge on any atom is -0.481 e. The van der Waals surface area contributed by atoms with E-state index in [0.29, 0.717) is 18.7 Å². The van der Waals surface area contributed by atoms with Crippen molar-refractivity contribution in [3.8, 4) is 6.07 Å². The Bertz CT molecular complexity index is 842. The van der Waals surface area contributed by atoms with Gasteiger partial charge in [-0.25, -0.2) is 0 Å². The Hall–Kier alpha value is -2.61. The SMILES string of the molecule is N#Cc1cnc2ccccc2c1N1C[C@@H]2CCC[C@@]2(C(=O)O)C1. The van der Waals surface area contributed by atoms with Crippen molar-refractivity contribution in [1.29, 1.82) is 5.26 Å². The van der Waals surface area contributed by atoms with E-state index in [1.807, 2.05) is 24.3 Å². The predicted octanol–water partition coefficient (Wildman–Crippen LogP) is 2.80. The van der Waals surface area contributed by atoms with E-state index in [2.05, 4.69) is 16.0 Å². The molecule has 4 rings (SSSR count). The number of fused-ring (bicyclic) bond motifs is 2. The average Bonchev–Trinajstić information content (AvgIpc) is 3.11. The summed E-state index contributed by atoms with van der Waals surface area (Å²) in [5.74, 6) is -0.530. The molecule has 5 heteroatoms. The number of rotatable bonds is 2. The van der Waals surface area contributed by atoms with Gasteiger partial charge in [0.25, 0.3) is 0 Å². The minimum atomic E-state index is -0.695. The van der Waals surface area contributed by atoms with Crippen LogP contribution in [-0.2, 0) is 4.79 Å². The van der Waals surface area contributed by atoms with Crippen molar-refractivity contribution < 1.29 is 9.90 Å². The highest BCUT2D eigenvalue weighted by Crippen LogP contribution is 2.50. The van der Waals surface area contributed by atoms with E-state index in [9.17, 15) is 15.2 Å². The van der Waals surface area contributed by atoms with Crippen LogP contribution in [-0.4, -0.2) is 29.1 Å². The highest BCUT2D eigenvalue weighted by molar-refractivity contribution is 5.95. The smallest absolute Gasteiger partial charge is 0.311 e. The van der Waals surface area contributed by atoms with Crippen molar-refractivity contribution in [2.24, 2.45) is 11.3 Å². The first kappa shape index (κ1) is 14.0. The monoisotopic (exact) mass is 307 g/mol. The van der Waals surface area contributed by atoms with Crippen LogP contribution in [0.25, 0.3) is 10.9 Å². The molecule has 1 saturated carbocycles. The Balaban J connectivity index is 1.85. The zero-order chi connectivity index (χ0) is 16.0. The molecule has 23 heavy (non-hydrogen) atoms. The Labute approximate surface area is 134 Å². The van der Waals surface area contributed by atoms with Gasteiger partial charge in [0, 0.05) is 24.7 Å². The minimum absolute atomic E-state index is 0.165. The summed E-state index contributed by atoms with van der Waals surface area (Å²) in [7, 11) is 0. The number of nitrogens with zero attached hydrogens (tertiary/aromatic N) is 3. The van der Waals surface area contributed by atoms with Crippen LogP contribution in [0.1, 0.15) is 24.8 Å². The van der Waals surface area contributed by atoms with Gasteiger partial charge in [-0.3, -0.25) is 9.78 Å². The largest absolute Gasteiger partial charge is 0.481 e. The topological polar surface area (TPSA) is 77.2 Å². The van der Waals surface area contributed by atoms with Gasteiger partial charge < -0.3 is 10.0 Å². The van der Waals surface area contributed by atoms with E-state index in [1.54, 1.807) is 6.20 Å². The lowest BCUT2D eigenvalue weighted by Gasteiger charge is -2.25. The summed E-state index contributed by atoms with van der Waals surface area (Å²) < 4.78 is 0. The number of carbonyl (C=O) groups is 1. The summed E-state index contributed by atoms with van der Waals surface area (Å²) in [6.45, 7) is 1.19. The van der Waals surface area contributed by atoms with Gasteiger partial charge in [-0.2, -0.15) is 5.26 Å². The molecule has 2 atom stereocenters. The maximum Gasteiger partial charge on any atom is 0.311 e. The van der Waals surface area contributed by atoms with Gasteiger partial charge in [0.1, 0.15) is 6.07 Å². The van der Waals surface area contributed by atoms with Crippen LogP contribution in [0.3, 0.4) is 0 Å². The molecule has 116 valence electrons. The lowest BCUT2D eigenvalue weighted by molar-refractivity contribution is -0.149. The van der Waals surface area contributed by atoms with Crippen molar-refractivity contribution in [3.05, 3.63) is 36.0 Å². The Kier molecular flexibility index (Phi) is 3.02. The van der Waals surface area contributed by atoms with E-state index in [-0.39, 0.29) is 5.92 Å². The first-order chi connectivity index (χ1) is 11.2. The van der Waals surface area contributed by atoms with Crippen LogP contribution >= 0.6 is 0 Å². The van der Waals surface area contributed by atoms with Crippen LogP contribution in [0.2, 0.25) is 0 Å². The molecule has 2 heterocycles. The Morgan fingerprint density at radius 1 is 1.43 bits per heavy atom. The number of hydrogen-bond acceptors (Lipinski definition) is 4.